The van der Waals surface area contributed by atoms with Crippen LogP contribution in [0.5, 0.6) is 5.75 Å². The van der Waals surface area contributed by atoms with Crippen LogP contribution in [0.25, 0.3) is 16.9 Å². The van der Waals surface area contributed by atoms with Gasteiger partial charge in [-0.05, 0) is 57.7 Å². The van der Waals surface area contributed by atoms with Crippen LogP contribution < -0.4 is 15.0 Å². The Kier molecular flexibility index (Phi) is 6.74. The predicted octanol–water partition coefficient (Wildman–Crippen LogP) is 4.68. The number of fused-ring (bicyclic) bond motifs is 1. The summed E-state index contributed by atoms with van der Waals surface area (Å²) in [7, 11) is 1.56. The summed E-state index contributed by atoms with van der Waals surface area (Å²) in [4.78, 5) is 11.3. The standard InChI is InChI=1S/C25H25BrClN5O2/c1-34-24-8-17(15-33)19(9-21(24)27)22-14-32-13-20(26)23(10-25(32)30-22)31-7-4-18(12-31)29-11-16-2-5-28-6-3-16/h2-3,5-6,8-10,13-14,18,29,33H,4,7,11-12,15H2,1H3/t18-/m0/s1. The largest absolute Gasteiger partial charge is 0.495 e. The van der Waals surface area contributed by atoms with Crippen LogP contribution in [0.4, 0.5) is 5.69 Å². The second-order valence-corrected chi connectivity index (χ2v) is 9.63. The molecule has 0 unspecified atom stereocenters. The highest BCUT2D eigenvalue weighted by atomic mass is 79.9. The van der Waals surface area contributed by atoms with E-state index in [4.69, 9.17) is 21.3 Å². The molecule has 1 fully saturated rings. The molecule has 0 amide bonds. The smallest absolute Gasteiger partial charge is 0.139 e. The molecule has 0 aliphatic carbocycles. The van der Waals surface area contributed by atoms with Crippen LogP contribution in [0.2, 0.25) is 5.02 Å². The first-order valence-electron chi connectivity index (χ1n) is 11.1. The summed E-state index contributed by atoms with van der Waals surface area (Å²) in [5, 5.41) is 14.0. The minimum atomic E-state index is -0.132. The lowest BCUT2D eigenvalue weighted by molar-refractivity contribution is 0.281. The van der Waals surface area contributed by atoms with Crippen molar-refractivity contribution in [2.45, 2.75) is 25.6 Å². The minimum Gasteiger partial charge on any atom is -0.495 e. The lowest BCUT2D eigenvalue weighted by Gasteiger charge is -2.21. The Bertz CT molecular complexity index is 1310. The van der Waals surface area contributed by atoms with Crippen LogP contribution in [0.3, 0.4) is 0 Å². The fourth-order valence-corrected chi connectivity index (χ4v) is 5.23. The molecule has 1 aliphatic heterocycles. The number of methoxy groups -OCH3 is 1. The van der Waals surface area contributed by atoms with Crippen molar-refractivity contribution in [3.63, 3.8) is 0 Å². The Morgan fingerprint density at radius 1 is 1.24 bits per heavy atom. The molecule has 0 bridgehead atoms. The molecular formula is C25H25BrClN5O2. The fraction of sp³-hybridized carbons (Fsp3) is 0.280. The van der Waals surface area contributed by atoms with E-state index in [-0.39, 0.29) is 6.61 Å². The highest BCUT2D eigenvalue weighted by Crippen LogP contribution is 2.35. The molecule has 4 aromatic rings. The van der Waals surface area contributed by atoms with E-state index in [1.165, 1.54) is 5.56 Å². The summed E-state index contributed by atoms with van der Waals surface area (Å²) in [6, 6.07) is 10.1. The Morgan fingerprint density at radius 3 is 2.82 bits per heavy atom. The molecule has 176 valence electrons. The van der Waals surface area contributed by atoms with Gasteiger partial charge in [0, 0.05) is 62.1 Å². The number of pyridine rings is 2. The van der Waals surface area contributed by atoms with Gasteiger partial charge in [-0.2, -0.15) is 0 Å². The maximum absolute atomic E-state index is 9.88. The van der Waals surface area contributed by atoms with Crippen molar-refractivity contribution in [1.82, 2.24) is 19.7 Å². The van der Waals surface area contributed by atoms with Crippen molar-refractivity contribution < 1.29 is 9.84 Å². The minimum absolute atomic E-state index is 0.132. The molecule has 0 spiro atoms. The second-order valence-electron chi connectivity index (χ2n) is 8.37. The number of ether oxygens (including phenoxy) is 1. The highest BCUT2D eigenvalue weighted by molar-refractivity contribution is 9.10. The normalized spacial score (nSPS) is 15.9. The molecule has 1 saturated heterocycles. The number of aromatic nitrogens is 3. The highest BCUT2D eigenvalue weighted by Gasteiger charge is 2.24. The van der Waals surface area contributed by atoms with Gasteiger partial charge in [0.1, 0.15) is 11.4 Å². The molecule has 0 radical (unpaired) electrons. The van der Waals surface area contributed by atoms with Crippen LogP contribution in [0.15, 0.2) is 59.6 Å². The first-order valence-corrected chi connectivity index (χ1v) is 12.3. The zero-order chi connectivity index (χ0) is 23.7. The first kappa shape index (κ1) is 23.1. The quantitative estimate of drug-likeness (QED) is 0.353. The topological polar surface area (TPSA) is 74.9 Å². The van der Waals surface area contributed by atoms with Gasteiger partial charge in [0.15, 0.2) is 0 Å². The Morgan fingerprint density at radius 2 is 2.06 bits per heavy atom. The molecule has 1 atom stereocenters. The summed E-state index contributed by atoms with van der Waals surface area (Å²) in [5.41, 5.74) is 5.44. The number of nitrogens with zero attached hydrogens (tertiary/aromatic N) is 4. The van der Waals surface area contributed by atoms with Gasteiger partial charge >= 0.3 is 0 Å². The van der Waals surface area contributed by atoms with Crippen molar-refractivity contribution in [2.75, 3.05) is 25.1 Å². The molecule has 1 aliphatic rings. The van der Waals surface area contributed by atoms with Crippen molar-refractivity contribution in [1.29, 1.82) is 0 Å². The van der Waals surface area contributed by atoms with Crippen LogP contribution >= 0.6 is 27.5 Å². The molecule has 34 heavy (non-hydrogen) atoms. The third-order valence-electron chi connectivity index (χ3n) is 6.22. The Balaban J connectivity index is 1.38. The number of hydrogen-bond acceptors (Lipinski definition) is 6. The fourth-order valence-electron chi connectivity index (χ4n) is 4.40. The number of aliphatic hydroxyl groups is 1. The SMILES string of the molecule is COc1cc(CO)c(-c2cn3cc(Br)c(N4CC[C@H](NCc5ccncc5)C4)cc3n2)cc1Cl. The van der Waals surface area contributed by atoms with Crippen LogP contribution in [0.1, 0.15) is 17.5 Å². The number of rotatable bonds is 7. The molecule has 1 aromatic carbocycles. The van der Waals surface area contributed by atoms with E-state index in [0.717, 1.165) is 53.1 Å². The molecular weight excluding hydrogens is 518 g/mol. The zero-order valence-corrected chi connectivity index (χ0v) is 21.1. The molecule has 3 aromatic heterocycles. The van der Waals surface area contributed by atoms with E-state index in [0.29, 0.717) is 22.4 Å². The number of nitrogens with one attached hydrogen (secondary N) is 1. The predicted molar refractivity (Wildman–Crippen MR) is 138 cm³/mol. The molecule has 9 heteroatoms. The number of aliphatic hydroxyl groups excluding tert-OH is 1. The number of halogens is 2. The number of benzene rings is 1. The average molecular weight is 543 g/mol. The molecule has 0 saturated carbocycles. The third kappa shape index (κ3) is 4.63. The lowest BCUT2D eigenvalue weighted by atomic mass is 10.1. The second kappa shape index (κ2) is 9.92. The first-order chi connectivity index (χ1) is 16.6. The Labute approximate surface area is 211 Å². The van der Waals surface area contributed by atoms with Crippen LogP contribution in [0, 0.1) is 0 Å². The maximum atomic E-state index is 9.88. The maximum Gasteiger partial charge on any atom is 0.139 e. The van der Waals surface area contributed by atoms with Crippen molar-refractivity contribution in [3.8, 4) is 17.0 Å². The van der Waals surface area contributed by atoms with Gasteiger partial charge in [0.2, 0.25) is 0 Å². The third-order valence-corrected chi connectivity index (χ3v) is 7.13. The summed E-state index contributed by atoms with van der Waals surface area (Å²) < 4.78 is 8.28. The van der Waals surface area contributed by atoms with Crippen molar-refractivity contribution >= 4 is 38.9 Å². The van der Waals surface area contributed by atoms with Gasteiger partial charge < -0.3 is 24.5 Å². The van der Waals surface area contributed by atoms with E-state index in [9.17, 15) is 5.11 Å². The zero-order valence-electron chi connectivity index (χ0n) is 18.7. The monoisotopic (exact) mass is 541 g/mol. The summed E-state index contributed by atoms with van der Waals surface area (Å²) in [6.07, 6.45) is 8.71. The van der Waals surface area contributed by atoms with Gasteiger partial charge in [-0.15, -0.1) is 0 Å². The summed E-state index contributed by atoms with van der Waals surface area (Å²) in [5.74, 6) is 0.532. The van der Waals surface area contributed by atoms with Gasteiger partial charge in [-0.25, -0.2) is 4.98 Å². The molecule has 4 heterocycles. The van der Waals surface area contributed by atoms with Gasteiger partial charge in [0.05, 0.1) is 34.6 Å². The van der Waals surface area contributed by atoms with E-state index < -0.39 is 0 Å². The van der Waals surface area contributed by atoms with Crippen LogP contribution in [-0.4, -0.2) is 45.7 Å². The molecule has 7 nitrogen and oxygen atoms in total. The number of hydrogen-bond donors (Lipinski definition) is 2. The van der Waals surface area contributed by atoms with Gasteiger partial charge in [-0.3, -0.25) is 4.98 Å². The Hall–Kier alpha value is -2.65. The average Bonchev–Trinajstić information content (AvgIpc) is 3.49. The molecule has 5 rings (SSSR count). The molecule has 2 N–H and O–H groups in total. The van der Waals surface area contributed by atoms with E-state index >= 15 is 0 Å². The lowest BCUT2D eigenvalue weighted by Crippen LogP contribution is -2.32. The van der Waals surface area contributed by atoms with Gasteiger partial charge in [-0.1, -0.05) is 11.6 Å². The summed E-state index contributed by atoms with van der Waals surface area (Å²) >= 11 is 10.1. The van der Waals surface area contributed by atoms with Gasteiger partial charge in [0.25, 0.3) is 0 Å². The van der Waals surface area contributed by atoms with E-state index in [2.05, 4.69) is 37.2 Å². The van der Waals surface area contributed by atoms with E-state index in [1.807, 2.05) is 41.3 Å². The number of imidazole rings is 1. The van der Waals surface area contributed by atoms with Crippen molar-refractivity contribution in [3.05, 3.63) is 75.7 Å². The van der Waals surface area contributed by atoms with Crippen molar-refractivity contribution in [2.24, 2.45) is 0 Å². The summed E-state index contributed by atoms with van der Waals surface area (Å²) in [6.45, 7) is 2.60. The van der Waals surface area contributed by atoms with E-state index in [1.54, 1.807) is 19.2 Å². The number of anilines is 1. The van der Waals surface area contributed by atoms with Crippen LogP contribution in [-0.2, 0) is 13.2 Å².